The highest BCUT2D eigenvalue weighted by Crippen LogP contribution is 2.43. The number of carbonyl (C=O) groups is 1. The van der Waals surface area contributed by atoms with Crippen molar-refractivity contribution in [2.45, 2.75) is 49.9 Å². The van der Waals surface area contributed by atoms with Crippen molar-refractivity contribution >= 4 is 28.4 Å². The molecule has 0 aromatic heterocycles. The van der Waals surface area contributed by atoms with Crippen LogP contribution in [0.5, 0.6) is 0 Å². The van der Waals surface area contributed by atoms with Gasteiger partial charge in [0.1, 0.15) is 0 Å². The van der Waals surface area contributed by atoms with Gasteiger partial charge >= 0.3 is 5.92 Å². The van der Waals surface area contributed by atoms with E-state index in [0.717, 1.165) is 0 Å². The Kier molecular flexibility index (Phi) is 3.78. The predicted molar refractivity (Wildman–Crippen MR) is 64.6 cm³/mol. The second-order valence-electron chi connectivity index (χ2n) is 5.35. The molecule has 1 nitrogen and oxygen atoms in total. The van der Waals surface area contributed by atoms with E-state index < -0.39 is 15.6 Å². The highest BCUT2D eigenvalue weighted by atomic mass is 127. The third-order valence-electron chi connectivity index (χ3n) is 3.20. The Morgan fingerprint density at radius 1 is 1.40 bits per heavy atom. The Balaban J connectivity index is 2.86. The van der Waals surface area contributed by atoms with Crippen LogP contribution >= 0.6 is 22.6 Å². The van der Waals surface area contributed by atoms with Crippen LogP contribution in [0.25, 0.3) is 0 Å². The smallest absolute Gasteiger partial charge is 0.293 e. The van der Waals surface area contributed by atoms with Gasteiger partial charge in [0.2, 0.25) is 5.78 Å². The van der Waals surface area contributed by atoms with E-state index in [0.29, 0.717) is 12.8 Å². The normalized spacial score (nSPS) is 32.5. The van der Waals surface area contributed by atoms with Crippen LogP contribution in [0.2, 0.25) is 0 Å². The topological polar surface area (TPSA) is 17.1 Å². The van der Waals surface area contributed by atoms with Gasteiger partial charge in [0, 0.05) is 6.42 Å². The summed E-state index contributed by atoms with van der Waals surface area (Å²) in [7, 11) is 0. The van der Waals surface area contributed by atoms with Crippen LogP contribution in [-0.4, -0.2) is 15.6 Å². The van der Waals surface area contributed by atoms with Gasteiger partial charge in [-0.3, -0.25) is 4.79 Å². The molecule has 2 atom stereocenters. The van der Waals surface area contributed by atoms with Gasteiger partial charge in [-0.15, -0.1) is 0 Å². The van der Waals surface area contributed by atoms with Gasteiger partial charge in [0.05, 0.1) is 3.92 Å². The quantitative estimate of drug-likeness (QED) is 0.375. The number of hydrogen-bond donors (Lipinski definition) is 0. The molecule has 0 heterocycles. The predicted octanol–water partition coefficient (Wildman–Crippen LogP) is 3.84. The standard InChI is InChI=1S/C11H17F2IO/c1-10(2,3)7-4-5-9(15)11(12,13)8(14)6-7/h7-8H,4-6H2,1-3H3. The lowest BCUT2D eigenvalue weighted by atomic mass is 9.76. The number of alkyl halides is 3. The molecule has 0 aliphatic heterocycles. The number of Topliss-reactive ketones (excluding diaryl/α,β-unsaturated/α-hetero) is 1. The highest BCUT2D eigenvalue weighted by Gasteiger charge is 2.49. The summed E-state index contributed by atoms with van der Waals surface area (Å²) in [5.41, 5.74) is 0.00409. The number of rotatable bonds is 0. The summed E-state index contributed by atoms with van der Waals surface area (Å²) in [6.45, 7) is 6.15. The molecule has 1 aliphatic carbocycles. The fourth-order valence-electron chi connectivity index (χ4n) is 1.95. The van der Waals surface area contributed by atoms with Crippen molar-refractivity contribution in [2.24, 2.45) is 11.3 Å². The van der Waals surface area contributed by atoms with E-state index in [1.165, 1.54) is 0 Å². The van der Waals surface area contributed by atoms with Crippen LogP contribution in [0, 0.1) is 11.3 Å². The maximum Gasteiger partial charge on any atom is 0.316 e. The van der Waals surface area contributed by atoms with Crippen molar-refractivity contribution in [3.63, 3.8) is 0 Å². The third kappa shape index (κ3) is 2.88. The summed E-state index contributed by atoms with van der Waals surface area (Å²) in [5, 5.41) is 0. The van der Waals surface area contributed by atoms with Gasteiger partial charge in [0.15, 0.2) is 0 Å². The Morgan fingerprint density at radius 3 is 2.40 bits per heavy atom. The molecule has 0 bridgehead atoms. The third-order valence-corrected chi connectivity index (χ3v) is 4.49. The summed E-state index contributed by atoms with van der Waals surface area (Å²) in [6, 6.07) is 0. The van der Waals surface area contributed by atoms with Gasteiger partial charge in [0.25, 0.3) is 0 Å². The molecule has 1 saturated carbocycles. The van der Waals surface area contributed by atoms with Crippen molar-refractivity contribution in [3.8, 4) is 0 Å². The second kappa shape index (κ2) is 4.26. The molecule has 88 valence electrons. The molecule has 1 fully saturated rings. The van der Waals surface area contributed by atoms with Crippen molar-refractivity contribution in [1.29, 1.82) is 0 Å². The zero-order valence-electron chi connectivity index (χ0n) is 9.32. The van der Waals surface area contributed by atoms with Crippen LogP contribution in [0.3, 0.4) is 0 Å². The van der Waals surface area contributed by atoms with Crippen molar-refractivity contribution in [3.05, 3.63) is 0 Å². The molecule has 15 heavy (non-hydrogen) atoms. The van der Waals surface area contributed by atoms with E-state index >= 15 is 0 Å². The molecule has 0 N–H and O–H groups in total. The first-order valence-electron chi connectivity index (χ1n) is 5.21. The molecule has 0 spiro atoms. The van der Waals surface area contributed by atoms with Crippen LogP contribution in [-0.2, 0) is 4.79 Å². The van der Waals surface area contributed by atoms with Gasteiger partial charge in [-0.05, 0) is 24.2 Å². The Labute approximate surface area is 103 Å². The van der Waals surface area contributed by atoms with E-state index in [1.54, 1.807) is 22.6 Å². The molecular formula is C11H17F2IO. The molecule has 1 aliphatic rings. The minimum absolute atomic E-state index is 0.00409. The number of halogens is 3. The first-order valence-corrected chi connectivity index (χ1v) is 6.45. The summed E-state index contributed by atoms with van der Waals surface area (Å²) in [6.07, 6.45) is 1.05. The van der Waals surface area contributed by atoms with Crippen LogP contribution in [0.15, 0.2) is 0 Å². The fourth-order valence-corrected chi connectivity index (χ4v) is 2.91. The maximum absolute atomic E-state index is 13.5. The van der Waals surface area contributed by atoms with E-state index in [4.69, 9.17) is 0 Å². The average molecular weight is 330 g/mol. The first-order chi connectivity index (χ1) is 6.65. The summed E-state index contributed by atoms with van der Waals surface area (Å²) in [4.78, 5) is 11.3. The molecule has 2 unspecified atom stereocenters. The van der Waals surface area contributed by atoms with Crippen molar-refractivity contribution in [1.82, 2.24) is 0 Å². The van der Waals surface area contributed by atoms with E-state index in [2.05, 4.69) is 20.8 Å². The lowest BCUT2D eigenvalue weighted by Crippen LogP contribution is -2.37. The number of hydrogen-bond acceptors (Lipinski definition) is 1. The monoisotopic (exact) mass is 330 g/mol. The molecular weight excluding hydrogens is 313 g/mol. The van der Waals surface area contributed by atoms with Crippen molar-refractivity contribution < 1.29 is 13.6 Å². The average Bonchev–Trinajstić information content (AvgIpc) is 2.16. The number of carbonyl (C=O) groups excluding carboxylic acids is 1. The minimum atomic E-state index is -3.12. The molecule has 0 aromatic carbocycles. The van der Waals surface area contributed by atoms with Crippen LogP contribution < -0.4 is 0 Å². The summed E-state index contributed by atoms with van der Waals surface area (Å²) < 4.78 is 26.1. The van der Waals surface area contributed by atoms with E-state index in [-0.39, 0.29) is 17.8 Å². The lowest BCUT2D eigenvalue weighted by molar-refractivity contribution is -0.141. The number of ketones is 1. The second-order valence-corrected chi connectivity index (χ2v) is 6.85. The van der Waals surface area contributed by atoms with Crippen LogP contribution in [0.1, 0.15) is 40.0 Å². The summed E-state index contributed by atoms with van der Waals surface area (Å²) in [5.74, 6) is -3.80. The summed E-state index contributed by atoms with van der Waals surface area (Å²) >= 11 is 1.72. The van der Waals surface area contributed by atoms with Gasteiger partial charge < -0.3 is 0 Å². The van der Waals surface area contributed by atoms with E-state index in [1.807, 2.05) is 0 Å². The Morgan fingerprint density at radius 2 is 1.93 bits per heavy atom. The molecule has 1 rings (SSSR count). The minimum Gasteiger partial charge on any atom is -0.293 e. The van der Waals surface area contributed by atoms with Crippen LogP contribution in [0.4, 0.5) is 8.78 Å². The molecule has 0 aromatic rings. The highest BCUT2D eigenvalue weighted by molar-refractivity contribution is 14.1. The SMILES string of the molecule is CC(C)(C)C1CCC(=O)C(F)(F)C(I)C1. The maximum atomic E-state index is 13.5. The van der Waals surface area contributed by atoms with Gasteiger partial charge in [-0.1, -0.05) is 43.4 Å². The fraction of sp³-hybridized carbons (Fsp3) is 0.909. The largest absolute Gasteiger partial charge is 0.316 e. The zero-order valence-corrected chi connectivity index (χ0v) is 11.5. The lowest BCUT2D eigenvalue weighted by Gasteiger charge is -2.31. The Hall–Kier alpha value is 0.260. The van der Waals surface area contributed by atoms with Gasteiger partial charge in [-0.25, -0.2) is 0 Å². The van der Waals surface area contributed by atoms with Crippen molar-refractivity contribution in [2.75, 3.05) is 0 Å². The molecule has 0 radical (unpaired) electrons. The first kappa shape index (κ1) is 13.3. The zero-order chi connectivity index (χ0) is 11.9. The Bertz CT molecular complexity index is 258. The molecule has 0 amide bonds. The van der Waals surface area contributed by atoms with Gasteiger partial charge in [-0.2, -0.15) is 8.78 Å². The molecule has 0 saturated heterocycles. The van der Waals surface area contributed by atoms with E-state index in [9.17, 15) is 13.6 Å². The molecule has 4 heteroatoms.